The second-order valence-electron chi connectivity index (χ2n) is 8.91. The zero-order valence-electron chi connectivity index (χ0n) is 17.1. The van der Waals surface area contributed by atoms with Gasteiger partial charge in [0.15, 0.2) is 0 Å². The normalized spacial score (nSPS) is 30.1. The second kappa shape index (κ2) is 7.21. The number of rotatable bonds is 2. The fourth-order valence-electron chi connectivity index (χ4n) is 5.35. The van der Waals surface area contributed by atoms with Gasteiger partial charge in [0.1, 0.15) is 23.9 Å². The lowest BCUT2D eigenvalue weighted by molar-refractivity contribution is -0.0309. The highest BCUT2D eigenvalue weighted by Crippen LogP contribution is 2.54. The molecule has 5 atom stereocenters. The SMILES string of the molecule is Nc1nc2cc(C3CC4(CO3)CC(n3ccc5cncnc53)C(O)C4O)ccc2cc1Br. The standard InChI is InChI=1S/C23H22BrN5O3/c24-15-5-12-1-2-13(6-16(12)28-21(15)25)18-8-23(10-32-18)7-17(19(30)20(23)31)29-4-3-14-9-26-11-27-22(14)29/h1-6,9,11,17-20,30-31H,7-8,10H2,(H2,25,28). The van der Waals surface area contributed by atoms with Crippen molar-refractivity contribution in [1.29, 1.82) is 0 Å². The number of aliphatic hydroxyl groups excluding tert-OH is 2. The third-order valence-corrected chi connectivity index (χ3v) is 7.69. The molecule has 0 radical (unpaired) electrons. The van der Waals surface area contributed by atoms with Crippen LogP contribution in [0.3, 0.4) is 0 Å². The molecule has 9 heteroatoms. The molecule has 3 aromatic heterocycles. The van der Waals surface area contributed by atoms with E-state index in [1.807, 2.05) is 41.1 Å². The summed E-state index contributed by atoms with van der Waals surface area (Å²) >= 11 is 3.42. The van der Waals surface area contributed by atoms with Gasteiger partial charge in [0.05, 0.1) is 34.8 Å². The van der Waals surface area contributed by atoms with E-state index in [-0.39, 0.29) is 12.1 Å². The summed E-state index contributed by atoms with van der Waals surface area (Å²) in [4.78, 5) is 12.9. The van der Waals surface area contributed by atoms with Crippen molar-refractivity contribution in [3.63, 3.8) is 0 Å². The van der Waals surface area contributed by atoms with E-state index >= 15 is 0 Å². The summed E-state index contributed by atoms with van der Waals surface area (Å²) in [5, 5.41) is 23.9. The van der Waals surface area contributed by atoms with Crippen molar-refractivity contribution in [2.24, 2.45) is 5.41 Å². The van der Waals surface area contributed by atoms with Crippen LogP contribution in [0.4, 0.5) is 5.82 Å². The van der Waals surface area contributed by atoms with Gasteiger partial charge in [-0.15, -0.1) is 0 Å². The Labute approximate surface area is 192 Å². The summed E-state index contributed by atoms with van der Waals surface area (Å²) in [5.74, 6) is 0.443. The summed E-state index contributed by atoms with van der Waals surface area (Å²) in [6, 6.07) is 9.63. The van der Waals surface area contributed by atoms with Crippen LogP contribution in [-0.2, 0) is 4.74 Å². The molecule has 1 saturated carbocycles. The van der Waals surface area contributed by atoms with Crippen LogP contribution in [0.25, 0.3) is 21.9 Å². The zero-order valence-corrected chi connectivity index (χ0v) is 18.7. The van der Waals surface area contributed by atoms with E-state index in [9.17, 15) is 10.2 Å². The van der Waals surface area contributed by atoms with Crippen LogP contribution in [0.1, 0.15) is 30.6 Å². The molecule has 1 aliphatic heterocycles. The Morgan fingerprint density at radius 2 is 2.03 bits per heavy atom. The predicted octanol–water partition coefficient (Wildman–Crippen LogP) is 3.14. The lowest BCUT2D eigenvalue weighted by Crippen LogP contribution is -2.37. The van der Waals surface area contributed by atoms with Crippen molar-refractivity contribution in [2.45, 2.75) is 37.2 Å². The lowest BCUT2D eigenvalue weighted by Gasteiger charge is -2.26. The number of ether oxygens (including phenoxy) is 1. The van der Waals surface area contributed by atoms with Crippen molar-refractivity contribution in [3.8, 4) is 0 Å². The predicted molar refractivity (Wildman–Crippen MR) is 123 cm³/mol. The maximum absolute atomic E-state index is 11.1. The van der Waals surface area contributed by atoms with Crippen LogP contribution in [0.5, 0.6) is 0 Å². The van der Waals surface area contributed by atoms with Gasteiger partial charge in [0.2, 0.25) is 0 Å². The number of benzene rings is 1. The number of hydrogen-bond donors (Lipinski definition) is 3. The summed E-state index contributed by atoms with van der Waals surface area (Å²) in [6.07, 6.45) is 4.40. The molecular weight excluding hydrogens is 474 g/mol. The maximum atomic E-state index is 11.1. The molecule has 6 rings (SSSR count). The second-order valence-corrected chi connectivity index (χ2v) is 9.76. The molecule has 4 aromatic rings. The summed E-state index contributed by atoms with van der Waals surface area (Å²) in [7, 11) is 0. The average Bonchev–Trinajstić information content (AvgIpc) is 3.48. The number of fused-ring (bicyclic) bond motifs is 2. The van der Waals surface area contributed by atoms with Crippen LogP contribution in [-0.4, -0.2) is 48.5 Å². The quantitative estimate of drug-likeness (QED) is 0.390. The molecule has 164 valence electrons. The highest BCUT2D eigenvalue weighted by molar-refractivity contribution is 9.10. The Morgan fingerprint density at radius 3 is 2.91 bits per heavy atom. The molecule has 1 aliphatic carbocycles. The molecule has 4 heterocycles. The van der Waals surface area contributed by atoms with Crippen LogP contribution >= 0.6 is 15.9 Å². The van der Waals surface area contributed by atoms with Gasteiger partial charge in [-0.25, -0.2) is 15.0 Å². The van der Waals surface area contributed by atoms with Crippen molar-refractivity contribution in [3.05, 3.63) is 59.1 Å². The maximum Gasteiger partial charge on any atom is 0.143 e. The van der Waals surface area contributed by atoms with Gasteiger partial charge in [0, 0.05) is 28.6 Å². The average molecular weight is 496 g/mol. The first-order valence-electron chi connectivity index (χ1n) is 10.6. The number of nitrogens with zero attached hydrogens (tertiary/aromatic N) is 4. The first kappa shape index (κ1) is 20.0. The van der Waals surface area contributed by atoms with E-state index in [1.165, 1.54) is 6.33 Å². The van der Waals surface area contributed by atoms with E-state index in [1.54, 1.807) is 6.20 Å². The van der Waals surface area contributed by atoms with E-state index in [4.69, 9.17) is 10.5 Å². The third kappa shape index (κ3) is 2.96. The number of aliphatic hydroxyl groups is 2. The molecule has 1 spiro atoms. The van der Waals surface area contributed by atoms with E-state index < -0.39 is 17.6 Å². The number of anilines is 1. The first-order chi connectivity index (χ1) is 15.4. The summed E-state index contributed by atoms with van der Waals surface area (Å²) < 4.78 is 8.90. The number of nitrogen functional groups attached to an aromatic ring is 1. The molecular formula is C23H22BrN5O3. The molecule has 2 fully saturated rings. The van der Waals surface area contributed by atoms with Gasteiger partial charge in [-0.1, -0.05) is 12.1 Å². The smallest absolute Gasteiger partial charge is 0.143 e. The molecule has 0 amide bonds. The van der Waals surface area contributed by atoms with Crippen LogP contribution in [0, 0.1) is 5.41 Å². The molecule has 0 bridgehead atoms. The van der Waals surface area contributed by atoms with E-state index in [0.717, 1.165) is 32.0 Å². The first-order valence-corrected chi connectivity index (χ1v) is 11.3. The minimum atomic E-state index is -0.904. The van der Waals surface area contributed by atoms with Gasteiger partial charge >= 0.3 is 0 Å². The number of nitrogens with two attached hydrogens (primary N) is 1. The minimum absolute atomic E-state index is 0.185. The van der Waals surface area contributed by atoms with Crippen LogP contribution in [0.2, 0.25) is 0 Å². The molecule has 5 unspecified atom stereocenters. The Morgan fingerprint density at radius 1 is 1.16 bits per heavy atom. The number of pyridine rings is 1. The largest absolute Gasteiger partial charge is 0.390 e. The number of aromatic nitrogens is 4. The molecule has 1 aromatic carbocycles. The molecule has 4 N–H and O–H groups in total. The van der Waals surface area contributed by atoms with Crippen molar-refractivity contribution in [2.75, 3.05) is 12.3 Å². The van der Waals surface area contributed by atoms with E-state index in [0.29, 0.717) is 25.3 Å². The lowest BCUT2D eigenvalue weighted by atomic mass is 9.80. The molecule has 8 nitrogen and oxygen atoms in total. The van der Waals surface area contributed by atoms with Gasteiger partial charge in [-0.05, 0) is 52.5 Å². The Hall–Kier alpha value is -2.59. The molecule has 32 heavy (non-hydrogen) atoms. The van der Waals surface area contributed by atoms with E-state index in [2.05, 4.69) is 30.9 Å². The summed E-state index contributed by atoms with van der Waals surface area (Å²) in [6.45, 7) is 0.383. The monoisotopic (exact) mass is 495 g/mol. The minimum Gasteiger partial charge on any atom is -0.390 e. The van der Waals surface area contributed by atoms with Gasteiger partial charge in [-0.2, -0.15) is 0 Å². The number of halogens is 1. The topological polar surface area (TPSA) is 119 Å². The molecule has 2 aliphatic rings. The Bertz CT molecular complexity index is 1340. The van der Waals surface area contributed by atoms with Crippen LogP contribution in [0.15, 0.2) is 53.5 Å². The fraction of sp³-hybridized carbons (Fsp3) is 0.348. The van der Waals surface area contributed by atoms with Crippen LogP contribution < -0.4 is 5.73 Å². The number of hydrogen-bond acceptors (Lipinski definition) is 7. The highest BCUT2D eigenvalue weighted by atomic mass is 79.9. The van der Waals surface area contributed by atoms with Crippen molar-refractivity contribution >= 4 is 43.7 Å². The summed E-state index contributed by atoms with van der Waals surface area (Å²) in [5.41, 5.74) is 7.98. The Kier molecular flexibility index (Phi) is 4.52. The molecule has 1 saturated heterocycles. The van der Waals surface area contributed by atoms with Crippen molar-refractivity contribution in [1.82, 2.24) is 19.5 Å². The fourth-order valence-corrected chi connectivity index (χ4v) is 5.68. The van der Waals surface area contributed by atoms with Gasteiger partial charge < -0.3 is 25.3 Å². The highest BCUT2D eigenvalue weighted by Gasteiger charge is 2.57. The Balaban J connectivity index is 1.30. The van der Waals surface area contributed by atoms with Gasteiger partial charge in [0.25, 0.3) is 0 Å². The zero-order chi connectivity index (χ0) is 22.0. The van der Waals surface area contributed by atoms with Gasteiger partial charge in [-0.3, -0.25) is 0 Å². The van der Waals surface area contributed by atoms with Crippen molar-refractivity contribution < 1.29 is 14.9 Å². The third-order valence-electron chi connectivity index (χ3n) is 7.05.